The number of fused-ring (bicyclic) bond motifs is 1. The monoisotopic (exact) mass is 384 g/mol. The predicted molar refractivity (Wildman–Crippen MR) is 102 cm³/mol. The van der Waals surface area contributed by atoms with E-state index in [-0.39, 0.29) is 18.0 Å². The molecule has 9 heteroatoms. The molecule has 1 amide bonds. The number of rotatable bonds is 3. The smallest absolute Gasteiger partial charge is 0.228 e. The molecule has 1 aromatic carbocycles. The summed E-state index contributed by atoms with van der Waals surface area (Å²) in [6.45, 7) is 3.82. The van der Waals surface area contributed by atoms with Crippen LogP contribution in [-0.4, -0.2) is 20.5 Å². The van der Waals surface area contributed by atoms with Crippen LogP contribution in [0.5, 0.6) is 0 Å². The lowest BCUT2D eigenvalue weighted by Crippen LogP contribution is -2.10. The first-order chi connectivity index (χ1) is 12.9. The van der Waals surface area contributed by atoms with E-state index in [1.165, 1.54) is 28.8 Å². The molecular weight excluding hydrogens is 371 g/mol. The molecule has 1 aliphatic heterocycles. The maximum Gasteiger partial charge on any atom is 0.228 e. The van der Waals surface area contributed by atoms with Crippen molar-refractivity contribution in [3.05, 3.63) is 64.7 Å². The molecule has 136 valence electrons. The van der Waals surface area contributed by atoms with Crippen molar-refractivity contribution in [1.29, 1.82) is 0 Å². The highest BCUT2D eigenvalue weighted by Gasteiger charge is 2.19. The van der Waals surface area contributed by atoms with Crippen molar-refractivity contribution in [2.75, 3.05) is 11.1 Å². The minimum absolute atomic E-state index is 0.117. The SMILES string of the molecule is C=C1NC(=O)C/C1=C\c1cnn2c(N)cc(Nc3cc(Cl)ccc3F)nc12. The highest BCUT2D eigenvalue weighted by Crippen LogP contribution is 2.27. The van der Waals surface area contributed by atoms with Crippen LogP contribution in [0.1, 0.15) is 12.0 Å². The number of carbonyl (C=O) groups is 1. The molecule has 4 rings (SSSR count). The second-order valence-corrected chi connectivity index (χ2v) is 6.46. The fourth-order valence-corrected chi connectivity index (χ4v) is 2.97. The first kappa shape index (κ1) is 17.0. The van der Waals surface area contributed by atoms with Gasteiger partial charge in [-0.15, -0.1) is 0 Å². The highest BCUT2D eigenvalue weighted by molar-refractivity contribution is 6.30. The maximum absolute atomic E-state index is 14.0. The number of benzene rings is 1. The molecule has 1 saturated heterocycles. The van der Waals surface area contributed by atoms with E-state index in [1.54, 1.807) is 12.3 Å². The number of hydrogen-bond acceptors (Lipinski definition) is 5. The van der Waals surface area contributed by atoms with Crippen molar-refractivity contribution in [1.82, 2.24) is 19.9 Å². The Bertz CT molecular complexity index is 1140. The lowest BCUT2D eigenvalue weighted by molar-refractivity contribution is -0.118. The number of carbonyl (C=O) groups excluding carboxylic acids is 1. The Kier molecular flexibility index (Phi) is 4.04. The molecule has 0 unspecified atom stereocenters. The Morgan fingerprint density at radius 3 is 2.96 bits per heavy atom. The van der Waals surface area contributed by atoms with E-state index in [0.29, 0.717) is 33.6 Å². The summed E-state index contributed by atoms with van der Waals surface area (Å²) in [4.78, 5) is 16.0. The third-order valence-corrected chi connectivity index (χ3v) is 4.31. The Hall–Kier alpha value is -3.39. The number of nitrogens with one attached hydrogen (secondary N) is 2. The lowest BCUT2D eigenvalue weighted by atomic mass is 10.1. The first-order valence-corrected chi connectivity index (χ1v) is 8.34. The number of hydrogen-bond donors (Lipinski definition) is 3. The standard InChI is InChI=1S/C18H14ClFN6O/c1-9-10(5-17(27)23-9)4-11-8-22-26-15(21)7-16(25-18(11)26)24-14-6-12(19)2-3-13(14)20/h2-4,6-8H,1,5,21H2,(H,23,27)(H,24,25)/b10-4+. The van der Waals surface area contributed by atoms with Crippen LogP contribution >= 0.6 is 11.6 Å². The predicted octanol–water partition coefficient (Wildman–Crippen LogP) is 3.26. The van der Waals surface area contributed by atoms with Gasteiger partial charge in [-0.25, -0.2) is 9.37 Å². The summed E-state index contributed by atoms with van der Waals surface area (Å²) in [6, 6.07) is 5.71. The van der Waals surface area contributed by atoms with E-state index in [4.69, 9.17) is 17.3 Å². The highest BCUT2D eigenvalue weighted by atomic mass is 35.5. The minimum Gasteiger partial charge on any atom is -0.383 e. The van der Waals surface area contributed by atoms with Crippen LogP contribution in [0.15, 0.2) is 48.3 Å². The van der Waals surface area contributed by atoms with E-state index in [9.17, 15) is 9.18 Å². The van der Waals surface area contributed by atoms with Crippen LogP contribution in [0.4, 0.5) is 21.7 Å². The van der Waals surface area contributed by atoms with Crippen LogP contribution < -0.4 is 16.4 Å². The van der Waals surface area contributed by atoms with Gasteiger partial charge in [-0.2, -0.15) is 9.61 Å². The normalized spacial score (nSPS) is 15.6. The van der Waals surface area contributed by atoms with Crippen LogP contribution in [0.25, 0.3) is 11.7 Å². The van der Waals surface area contributed by atoms with Crippen molar-refractivity contribution < 1.29 is 9.18 Å². The van der Waals surface area contributed by atoms with Crippen LogP contribution in [0.2, 0.25) is 5.02 Å². The number of amides is 1. The van der Waals surface area contributed by atoms with Gasteiger partial charge in [0, 0.05) is 22.3 Å². The van der Waals surface area contributed by atoms with Gasteiger partial charge in [0.1, 0.15) is 17.5 Å². The molecule has 0 saturated carbocycles. The Morgan fingerprint density at radius 1 is 1.41 bits per heavy atom. The van der Waals surface area contributed by atoms with E-state index >= 15 is 0 Å². The largest absolute Gasteiger partial charge is 0.383 e. The average molecular weight is 385 g/mol. The average Bonchev–Trinajstić information content (AvgIpc) is 3.15. The molecule has 0 atom stereocenters. The summed E-state index contributed by atoms with van der Waals surface area (Å²) in [6.07, 6.45) is 3.60. The van der Waals surface area contributed by atoms with Crippen molar-refractivity contribution in [3.8, 4) is 0 Å². The third-order valence-electron chi connectivity index (χ3n) is 4.08. The molecule has 4 N–H and O–H groups in total. The van der Waals surface area contributed by atoms with Crippen LogP contribution in [-0.2, 0) is 4.79 Å². The van der Waals surface area contributed by atoms with Crippen LogP contribution in [0.3, 0.4) is 0 Å². The molecular formula is C18H14ClFN6O. The summed E-state index contributed by atoms with van der Waals surface area (Å²) < 4.78 is 15.4. The molecule has 0 aliphatic carbocycles. The molecule has 0 bridgehead atoms. The van der Waals surface area contributed by atoms with Gasteiger partial charge in [0.15, 0.2) is 5.65 Å². The van der Waals surface area contributed by atoms with Gasteiger partial charge in [0.05, 0.1) is 18.3 Å². The number of nitrogens with zero attached hydrogens (tertiary/aromatic N) is 3. The molecule has 7 nitrogen and oxygen atoms in total. The first-order valence-electron chi connectivity index (χ1n) is 7.97. The molecule has 0 radical (unpaired) electrons. The van der Waals surface area contributed by atoms with Crippen molar-refractivity contribution in [2.45, 2.75) is 6.42 Å². The molecule has 3 aromatic rings. The fourth-order valence-electron chi connectivity index (χ4n) is 2.80. The lowest BCUT2D eigenvalue weighted by Gasteiger charge is -2.09. The van der Waals surface area contributed by atoms with Crippen molar-refractivity contribution in [2.24, 2.45) is 0 Å². The summed E-state index contributed by atoms with van der Waals surface area (Å²) in [5.41, 5.74) is 8.63. The van der Waals surface area contributed by atoms with E-state index < -0.39 is 5.82 Å². The number of nitrogen functional groups attached to an aromatic ring is 1. The Labute approximate surface area is 158 Å². The van der Waals surface area contributed by atoms with Gasteiger partial charge in [-0.1, -0.05) is 18.2 Å². The fraction of sp³-hybridized carbons (Fsp3) is 0.0556. The molecule has 3 heterocycles. The van der Waals surface area contributed by atoms with Crippen molar-refractivity contribution >= 4 is 46.6 Å². The minimum atomic E-state index is -0.470. The number of allylic oxidation sites excluding steroid dienone is 1. The maximum atomic E-state index is 14.0. The Balaban J connectivity index is 1.76. The third kappa shape index (κ3) is 3.22. The molecule has 27 heavy (non-hydrogen) atoms. The number of anilines is 3. The van der Waals surface area contributed by atoms with Gasteiger partial charge in [0.25, 0.3) is 0 Å². The second kappa shape index (κ2) is 6.40. The van der Waals surface area contributed by atoms with Crippen LogP contribution in [0, 0.1) is 5.82 Å². The zero-order valence-corrected chi connectivity index (χ0v) is 14.7. The number of nitrogens with two attached hydrogens (primary N) is 1. The molecule has 1 aliphatic rings. The zero-order valence-electron chi connectivity index (χ0n) is 14.0. The molecule has 2 aromatic heterocycles. The molecule has 1 fully saturated rings. The van der Waals surface area contributed by atoms with Gasteiger partial charge >= 0.3 is 0 Å². The topological polar surface area (TPSA) is 97.3 Å². The van der Waals surface area contributed by atoms with E-state index in [2.05, 4.69) is 27.3 Å². The summed E-state index contributed by atoms with van der Waals surface area (Å²) in [5, 5.41) is 10.1. The Morgan fingerprint density at radius 2 is 2.22 bits per heavy atom. The number of aromatic nitrogens is 3. The van der Waals surface area contributed by atoms with E-state index in [1.807, 2.05) is 0 Å². The summed E-state index contributed by atoms with van der Waals surface area (Å²) >= 11 is 5.92. The van der Waals surface area contributed by atoms with E-state index in [0.717, 1.165) is 5.57 Å². The van der Waals surface area contributed by atoms with Gasteiger partial charge in [-0.05, 0) is 29.8 Å². The van der Waals surface area contributed by atoms with Gasteiger partial charge < -0.3 is 16.4 Å². The summed E-state index contributed by atoms with van der Waals surface area (Å²) in [5.74, 6) is 0.0612. The van der Waals surface area contributed by atoms with Crippen molar-refractivity contribution in [3.63, 3.8) is 0 Å². The second-order valence-electron chi connectivity index (χ2n) is 6.02. The zero-order chi connectivity index (χ0) is 19.1. The van der Waals surface area contributed by atoms with Gasteiger partial charge in [-0.3, -0.25) is 4.79 Å². The summed E-state index contributed by atoms with van der Waals surface area (Å²) in [7, 11) is 0. The quantitative estimate of drug-likeness (QED) is 0.644. The molecule has 0 spiro atoms. The van der Waals surface area contributed by atoms with Gasteiger partial charge in [0.2, 0.25) is 5.91 Å². The number of halogens is 2.